The van der Waals surface area contributed by atoms with Gasteiger partial charge in [-0.25, -0.2) is 0 Å². The van der Waals surface area contributed by atoms with E-state index in [0.29, 0.717) is 31.6 Å². The molecule has 1 aromatic heterocycles. The number of carbonyl (C=O) groups is 3. The lowest BCUT2D eigenvalue weighted by Gasteiger charge is -2.28. The van der Waals surface area contributed by atoms with Crippen molar-refractivity contribution >= 4 is 17.8 Å². The van der Waals surface area contributed by atoms with Gasteiger partial charge in [0.2, 0.25) is 5.91 Å². The number of aliphatic carboxylic acids is 1. The van der Waals surface area contributed by atoms with Crippen LogP contribution in [0.4, 0.5) is 0 Å². The number of carboxylic acid groups (broad SMARTS) is 1. The van der Waals surface area contributed by atoms with Crippen molar-refractivity contribution in [3.63, 3.8) is 0 Å². The molecule has 1 unspecified atom stereocenters. The van der Waals surface area contributed by atoms with Gasteiger partial charge in [0.1, 0.15) is 6.54 Å². The van der Waals surface area contributed by atoms with Gasteiger partial charge in [-0.3, -0.25) is 19.5 Å². The number of likely N-dealkylation sites (tertiary alicyclic amines) is 1. The van der Waals surface area contributed by atoms with Crippen LogP contribution in [0.15, 0.2) is 0 Å². The van der Waals surface area contributed by atoms with Gasteiger partial charge in [-0.15, -0.1) is 0 Å². The normalized spacial score (nSPS) is 20.2. The van der Waals surface area contributed by atoms with E-state index >= 15 is 0 Å². The highest BCUT2D eigenvalue weighted by molar-refractivity contribution is 5.94. The smallest absolute Gasteiger partial charge is 0.323 e. The number of rotatable bonds is 4. The largest absolute Gasteiger partial charge is 0.480 e. The summed E-state index contributed by atoms with van der Waals surface area (Å²) in [6, 6.07) is -0.144. The molecule has 0 aromatic carbocycles. The molecule has 3 rings (SSSR count). The maximum atomic E-state index is 12.9. The third kappa shape index (κ3) is 3.89. The first-order valence-corrected chi connectivity index (χ1v) is 9.31. The minimum absolute atomic E-state index is 0.0577. The van der Waals surface area contributed by atoms with Crippen LogP contribution in [0.1, 0.15) is 60.8 Å². The number of fused-ring (bicyclic) bond motifs is 1. The van der Waals surface area contributed by atoms with Crippen LogP contribution in [-0.4, -0.2) is 68.6 Å². The number of nitrogens with one attached hydrogen (secondary N) is 1. The summed E-state index contributed by atoms with van der Waals surface area (Å²) in [6.07, 6.45) is 6.07. The minimum atomic E-state index is -1.01. The molecule has 1 aliphatic heterocycles. The molecule has 1 fully saturated rings. The Morgan fingerprint density at radius 1 is 1.19 bits per heavy atom. The summed E-state index contributed by atoms with van der Waals surface area (Å²) in [6.45, 7) is 2.22. The van der Waals surface area contributed by atoms with E-state index < -0.39 is 5.97 Å². The number of H-pyrrole nitrogens is 1. The van der Waals surface area contributed by atoms with Crippen LogP contribution >= 0.6 is 0 Å². The van der Waals surface area contributed by atoms with Gasteiger partial charge in [-0.05, 0) is 44.9 Å². The highest BCUT2D eigenvalue weighted by Crippen LogP contribution is 2.24. The fourth-order valence-electron chi connectivity index (χ4n) is 4.04. The van der Waals surface area contributed by atoms with Crippen molar-refractivity contribution in [2.45, 2.75) is 57.9 Å². The Kier molecular flexibility index (Phi) is 5.58. The molecule has 1 saturated heterocycles. The lowest BCUT2D eigenvalue weighted by molar-refractivity contribution is -0.145. The standard InChI is InChI=1S/C18H26N4O4/c1-12(23)22(11-16(24)25)13-5-4-9-21(10-8-13)18(26)17-14-6-2-3-7-15(14)19-20-17/h13H,2-11H2,1H3,(H,19,20)(H,24,25). The summed E-state index contributed by atoms with van der Waals surface area (Å²) in [5.41, 5.74) is 2.67. The molecule has 1 aromatic rings. The van der Waals surface area contributed by atoms with E-state index in [0.717, 1.165) is 43.4 Å². The Morgan fingerprint density at radius 2 is 1.96 bits per heavy atom. The number of aromatic amines is 1. The van der Waals surface area contributed by atoms with Gasteiger partial charge >= 0.3 is 5.97 Å². The average molecular weight is 362 g/mol. The Hall–Kier alpha value is -2.38. The Balaban J connectivity index is 1.68. The number of hydrogen-bond donors (Lipinski definition) is 2. The zero-order valence-electron chi connectivity index (χ0n) is 15.2. The highest BCUT2D eigenvalue weighted by Gasteiger charge is 2.30. The zero-order chi connectivity index (χ0) is 18.7. The molecule has 0 spiro atoms. The van der Waals surface area contributed by atoms with Crippen molar-refractivity contribution in [2.75, 3.05) is 19.6 Å². The summed E-state index contributed by atoms with van der Waals surface area (Å²) < 4.78 is 0. The number of aryl methyl sites for hydroxylation is 1. The fraction of sp³-hybridized carbons (Fsp3) is 0.667. The van der Waals surface area contributed by atoms with Gasteiger partial charge in [-0.2, -0.15) is 5.10 Å². The Morgan fingerprint density at radius 3 is 2.69 bits per heavy atom. The molecule has 26 heavy (non-hydrogen) atoms. The summed E-state index contributed by atoms with van der Waals surface area (Å²) in [4.78, 5) is 39.0. The van der Waals surface area contributed by atoms with Gasteiger partial charge in [0, 0.05) is 37.3 Å². The summed E-state index contributed by atoms with van der Waals surface area (Å²) >= 11 is 0. The van der Waals surface area contributed by atoms with Crippen LogP contribution in [0.2, 0.25) is 0 Å². The lowest BCUT2D eigenvalue weighted by atomic mass is 9.95. The van der Waals surface area contributed by atoms with E-state index in [1.165, 1.54) is 11.8 Å². The molecule has 1 atom stereocenters. The molecule has 0 saturated carbocycles. The zero-order valence-corrected chi connectivity index (χ0v) is 15.2. The summed E-state index contributed by atoms with van der Waals surface area (Å²) in [7, 11) is 0. The molecule has 1 aliphatic carbocycles. The maximum absolute atomic E-state index is 12.9. The molecule has 2 aliphatic rings. The van der Waals surface area contributed by atoms with Crippen LogP contribution in [0, 0.1) is 0 Å². The van der Waals surface area contributed by atoms with Crippen molar-refractivity contribution < 1.29 is 19.5 Å². The minimum Gasteiger partial charge on any atom is -0.480 e. The first-order chi connectivity index (χ1) is 12.5. The first kappa shape index (κ1) is 18.4. The third-order valence-corrected chi connectivity index (χ3v) is 5.39. The van der Waals surface area contributed by atoms with Crippen LogP contribution in [0.3, 0.4) is 0 Å². The van der Waals surface area contributed by atoms with Crippen molar-refractivity contribution in [3.05, 3.63) is 17.0 Å². The first-order valence-electron chi connectivity index (χ1n) is 9.31. The van der Waals surface area contributed by atoms with E-state index in [9.17, 15) is 14.4 Å². The Labute approximate surface area is 152 Å². The van der Waals surface area contributed by atoms with Crippen molar-refractivity contribution in [1.82, 2.24) is 20.0 Å². The van der Waals surface area contributed by atoms with Gasteiger partial charge in [-0.1, -0.05) is 0 Å². The van der Waals surface area contributed by atoms with E-state index in [4.69, 9.17) is 5.11 Å². The lowest BCUT2D eigenvalue weighted by Crippen LogP contribution is -2.43. The molecule has 2 N–H and O–H groups in total. The monoisotopic (exact) mass is 362 g/mol. The van der Waals surface area contributed by atoms with E-state index in [1.807, 2.05) is 0 Å². The van der Waals surface area contributed by atoms with Crippen LogP contribution in [0.5, 0.6) is 0 Å². The van der Waals surface area contributed by atoms with Crippen LogP contribution < -0.4 is 0 Å². The predicted octanol–water partition coefficient (Wildman–Crippen LogP) is 1.22. The molecule has 2 amide bonds. The van der Waals surface area contributed by atoms with E-state index in [-0.39, 0.29) is 24.4 Å². The van der Waals surface area contributed by atoms with Crippen molar-refractivity contribution in [3.8, 4) is 0 Å². The van der Waals surface area contributed by atoms with Gasteiger partial charge in [0.05, 0.1) is 0 Å². The summed E-state index contributed by atoms with van der Waals surface area (Å²) in [5, 5.41) is 16.3. The molecule has 2 heterocycles. The topological polar surface area (TPSA) is 107 Å². The van der Waals surface area contributed by atoms with Gasteiger partial charge in [0.15, 0.2) is 5.69 Å². The number of carbonyl (C=O) groups excluding carboxylic acids is 2. The second-order valence-corrected chi connectivity index (χ2v) is 7.15. The van der Waals surface area contributed by atoms with Crippen molar-refractivity contribution in [2.24, 2.45) is 0 Å². The second-order valence-electron chi connectivity index (χ2n) is 7.15. The van der Waals surface area contributed by atoms with Gasteiger partial charge < -0.3 is 14.9 Å². The number of amides is 2. The summed E-state index contributed by atoms with van der Waals surface area (Å²) in [5.74, 6) is -1.31. The average Bonchev–Trinajstić information content (AvgIpc) is 2.88. The fourth-order valence-corrected chi connectivity index (χ4v) is 4.04. The van der Waals surface area contributed by atoms with E-state index in [1.54, 1.807) is 4.90 Å². The molecule has 8 heteroatoms. The molecule has 0 radical (unpaired) electrons. The van der Waals surface area contributed by atoms with E-state index in [2.05, 4.69) is 10.2 Å². The number of nitrogens with zero attached hydrogens (tertiary/aromatic N) is 3. The molecular formula is C18H26N4O4. The number of carboxylic acids is 1. The highest BCUT2D eigenvalue weighted by atomic mass is 16.4. The van der Waals surface area contributed by atoms with Crippen LogP contribution in [-0.2, 0) is 22.4 Å². The molecule has 0 bridgehead atoms. The van der Waals surface area contributed by atoms with Crippen LogP contribution in [0.25, 0.3) is 0 Å². The molecule has 8 nitrogen and oxygen atoms in total. The number of aromatic nitrogens is 2. The third-order valence-electron chi connectivity index (χ3n) is 5.39. The maximum Gasteiger partial charge on any atom is 0.323 e. The predicted molar refractivity (Wildman–Crippen MR) is 93.8 cm³/mol. The number of hydrogen-bond acceptors (Lipinski definition) is 4. The SMILES string of the molecule is CC(=O)N(CC(=O)O)C1CCCN(C(=O)c2n[nH]c3c2CCCC3)CC1. The molecular weight excluding hydrogens is 336 g/mol. The molecule has 142 valence electrons. The van der Waals surface area contributed by atoms with Gasteiger partial charge in [0.25, 0.3) is 5.91 Å². The van der Waals surface area contributed by atoms with Crippen molar-refractivity contribution in [1.29, 1.82) is 0 Å². The second kappa shape index (κ2) is 7.88. The Bertz CT molecular complexity index is 699. The quantitative estimate of drug-likeness (QED) is 0.837.